The zero-order valence-corrected chi connectivity index (χ0v) is 26.7. The minimum Gasteiger partial charge on any atom is -0.352 e. The monoisotopic (exact) mass is 669 g/mol. The van der Waals surface area contributed by atoms with E-state index >= 15 is 0 Å². The largest absolute Gasteiger partial charge is 0.352 e. The van der Waals surface area contributed by atoms with Crippen LogP contribution in [0.1, 0.15) is 44.6 Å². The topological polar surface area (TPSA) is 86.8 Å². The van der Waals surface area contributed by atoms with Crippen molar-refractivity contribution in [3.8, 4) is 0 Å². The first-order chi connectivity index (χ1) is 20.0. The Kier molecular flexibility index (Phi) is 11.1. The first-order valence-corrected chi connectivity index (χ1v) is 16.5. The van der Waals surface area contributed by atoms with Gasteiger partial charge < -0.3 is 10.2 Å². The number of nitrogens with zero attached hydrogens (tertiary/aromatic N) is 2. The lowest BCUT2D eigenvalue weighted by atomic mass is 10.1. The molecule has 0 radical (unpaired) electrons. The van der Waals surface area contributed by atoms with Gasteiger partial charge in [-0.05, 0) is 67.3 Å². The Bertz CT molecular complexity index is 1530. The van der Waals surface area contributed by atoms with Gasteiger partial charge in [0.15, 0.2) is 0 Å². The standard InChI is InChI=1S/C30H31Cl4N3O4S/c1-2-28(30(39)35-22-8-6-7-9-22)36(18-20-12-13-21(31)16-26(20)33)29(38)19-37(23-14-15-25(32)27(34)17-23)42(40,41)24-10-4-3-5-11-24/h3-5,10-17,22,28H,2,6-9,18-19H2,1H3,(H,35,39)/t28-/m0/s1. The molecule has 0 bridgehead atoms. The first-order valence-electron chi connectivity index (χ1n) is 13.6. The average Bonchev–Trinajstić information content (AvgIpc) is 3.47. The number of rotatable bonds is 11. The smallest absolute Gasteiger partial charge is 0.264 e. The summed E-state index contributed by atoms with van der Waals surface area (Å²) < 4.78 is 28.8. The van der Waals surface area contributed by atoms with E-state index in [0.717, 1.165) is 30.0 Å². The van der Waals surface area contributed by atoms with Gasteiger partial charge in [-0.25, -0.2) is 8.42 Å². The molecule has 1 saturated carbocycles. The van der Waals surface area contributed by atoms with Crippen LogP contribution in [0.5, 0.6) is 0 Å². The lowest BCUT2D eigenvalue weighted by Gasteiger charge is -2.34. The van der Waals surface area contributed by atoms with Crippen LogP contribution in [0.25, 0.3) is 0 Å². The van der Waals surface area contributed by atoms with Crippen LogP contribution < -0.4 is 9.62 Å². The van der Waals surface area contributed by atoms with Crippen LogP contribution in [-0.2, 0) is 26.2 Å². The fraction of sp³-hybridized carbons (Fsp3) is 0.333. The fourth-order valence-electron chi connectivity index (χ4n) is 5.01. The van der Waals surface area contributed by atoms with Crippen LogP contribution in [0.4, 0.5) is 5.69 Å². The van der Waals surface area contributed by atoms with Crippen LogP contribution in [0.15, 0.2) is 71.6 Å². The first kappa shape index (κ1) is 32.4. The maximum Gasteiger partial charge on any atom is 0.264 e. The molecule has 1 aliphatic rings. The van der Waals surface area contributed by atoms with Crippen molar-refractivity contribution in [1.82, 2.24) is 10.2 Å². The van der Waals surface area contributed by atoms with Gasteiger partial charge in [0.25, 0.3) is 10.0 Å². The number of carbonyl (C=O) groups excluding carboxylic acids is 2. The minimum absolute atomic E-state index is 0.0119. The lowest BCUT2D eigenvalue weighted by Crippen LogP contribution is -2.53. The molecule has 4 rings (SSSR count). The average molecular weight is 671 g/mol. The molecule has 0 aromatic heterocycles. The molecule has 12 heteroatoms. The van der Waals surface area contributed by atoms with Crippen LogP contribution in [0, 0.1) is 0 Å². The number of carbonyl (C=O) groups is 2. The number of amides is 2. The molecule has 0 unspecified atom stereocenters. The molecule has 1 N–H and O–H groups in total. The second-order valence-corrected chi connectivity index (χ2v) is 13.6. The third kappa shape index (κ3) is 7.71. The normalized spacial score (nSPS) is 14.4. The van der Waals surface area contributed by atoms with Gasteiger partial charge in [-0.15, -0.1) is 0 Å². The third-order valence-electron chi connectivity index (χ3n) is 7.24. The van der Waals surface area contributed by atoms with Gasteiger partial charge in [0.05, 0.1) is 20.6 Å². The maximum absolute atomic E-state index is 14.2. The number of benzene rings is 3. The highest BCUT2D eigenvalue weighted by molar-refractivity contribution is 7.92. The van der Waals surface area contributed by atoms with E-state index in [1.807, 2.05) is 0 Å². The van der Waals surface area contributed by atoms with Crippen LogP contribution in [0.2, 0.25) is 20.1 Å². The molecule has 42 heavy (non-hydrogen) atoms. The molecule has 1 aliphatic carbocycles. The fourth-order valence-corrected chi connectivity index (χ4v) is 7.20. The van der Waals surface area contributed by atoms with Gasteiger partial charge in [-0.1, -0.05) is 90.4 Å². The molecule has 0 spiro atoms. The summed E-state index contributed by atoms with van der Waals surface area (Å²) >= 11 is 24.9. The minimum atomic E-state index is -4.23. The van der Waals surface area contributed by atoms with Gasteiger partial charge in [-0.3, -0.25) is 13.9 Å². The van der Waals surface area contributed by atoms with Crippen LogP contribution in [0.3, 0.4) is 0 Å². The predicted octanol–water partition coefficient (Wildman–Crippen LogP) is 7.36. The SMILES string of the molecule is CC[C@@H](C(=O)NC1CCCC1)N(Cc1ccc(Cl)cc1Cl)C(=O)CN(c1ccc(Cl)c(Cl)c1)S(=O)(=O)c1ccccc1. The van der Waals surface area contributed by atoms with E-state index in [1.54, 1.807) is 43.3 Å². The van der Waals surface area contributed by atoms with E-state index in [1.165, 1.54) is 35.2 Å². The molecule has 1 atom stereocenters. The van der Waals surface area contributed by atoms with Crippen molar-refractivity contribution in [1.29, 1.82) is 0 Å². The highest BCUT2D eigenvalue weighted by atomic mass is 35.5. The van der Waals surface area contributed by atoms with Crippen molar-refractivity contribution in [2.24, 2.45) is 0 Å². The van der Waals surface area contributed by atoms with E-state index in [2.05, 4.69) is 5.32 Å². The van der Waals surface area contributed by atoms with Crippen molar-refractivity contribution in [3.05, 3.63) is 92.4 Å². The molecule has 0 aliphatic heterocycles. The predicted molar refractivity (Wildman–Crippen MR) is 169 cm³/mol. The summed E-state index contributed by atoms with van der Waals surface area (Å²) in [6.07, 6.45) is 4.11. The van der Waals surface area contributed by atoms with Crippen molar-refractivity contribution < 1.29 is 18.0 Å². The van der Waals surface area contributed by atoms with Gasteiger partial charge in [-0.2, -0.15) is 0 Å². The second kappa shape index (κ2) is 14.3. The number of hydrogen-bond acceptors (Lipinski definition) is 4. The molecule has 0 saturated heterocycles. The van der Waals surface area contributed by atoms with Gasteiger partial charge in [0, 0.05) is 22.6 Å². The van der Waals surface area contributed by atoms with Crippen molar-refractivity contribution in [2.75, 3.05) is 10.8 Å². The van der Waals surface area contributed by atoms with Crippen molar-refractivity contribution >= 4 is 73.9 Å². The van der Waals surface area contributed by atoms with E-state index in [0.29, 0.717) is 22.0 Å². The summed E-state index contributed by atoms with van der Waals surface area (Å²) in [4.78, 5) is 29.1. The Balaban J connectivity index is 1.74. The van der Waals surface area contributed by atoms with E-state index in [4.69, 9.17) is 46.4 Å². The number of hydrogen-bond donors (Lipinski definition) is 1. The molecule has 1 fully saturated rings. The summed E-state index contributed by atoms with van der Waals surface area (Å²) in [5.41, 5.74) is 0.711. The van der Waals surface area contributed by atoms with Crippen LogP contribution in [-0.4, -0.2) is 43.8 Å². The Labute approximate surface area is 266 Å². The summed E-state index contributed by atoms with van der Waals surface area (Å²) in [5, 5.41) is 4.19. The molecule has 224 valence electrons. The number of halogens is 4. The molecule has 3 aromatic rings. The highest BCUT2D eigenvalue weighted by Crippen LogP contribution is 2.31. The molecular formula is C30H31Cl4N3O4S. The van der Waals surface area contributed by atoms with Crippen molar-refractivity contribution in [2.45, 2.75) is 62.6 Å². The van der Waals surface area contributed by atoms with Gasteiger partial charge >= 0.3 is 0 Å². The number of anilines is 1. The Morgan fingerprint density at radius 3 is 2.21 bits per heavy atom. The van der Waals surface area contributed by atoms with E-state index < -0.39 is 28.5 Å². The Hall–Kier alpha value is -2.49. The number of nitrogens with one attached hydrogen (secondary N) is 1. The molecule has 3 aromatic carbocycles. The maximum atomic E-state index is 14.2. The molecule has 0 heterocycles. The summed E-state index contributed by atoms with van der Waals surface area (Å²) in [5.74, 6) is -0.894. The summed E-state index contributed by atoms with van der Waals surface area (Å²) in [7, 11) is -4.23. The molecular weight excluding hydrogens is 640 g/mol. The van der Waals surface area contributed by atoms with Crippen LogP contribution >= 0.6 is 46.4 Å². The molecule has 7 nitrogen and oxygen atoms in total. The summed E-state index contributed by atoms with van der Waals surface area (Å²) in [6, 6.07) is 16.2. The quantitative estimate of drug-likeness (QED) is 0.231. The highest BCUT2D eigenvalue weighted by Gasteiger charge is 2.35. The third-order valence-corrected chi connectivity index (χ3v) is 10.4. The zero-order valence-electron chi connectivity index (χ0n) is 22.9. The van der Waals surface area contributed by atoms with Gasteiger partial charge in [0.2, 0.25) is 11.8 Å². The zero-order chi connectivity index (χ0) is 30.4. The Morgan fingerprint density at radius 2 is 1.60 bits per heavy atom. The number of sulfonamides is 1. The molecule has 2 amide bonds. The Morgan fingerprint density at radius 1 is 0.905 bits per heavy atom. The van der Waals surface area contributed by atoms with Gasteiger partial charge in [0.1, 0.15) is 12.6 Å². The second-order valence-electron chi connectivity index (χ2n) is 10.1. The summed E-state index contributed by atoms with van der Waals surface area (Å²) in [6.45, 7) is 1.17. The lowest BCUT2D eigenvalue weighted by molar-refractivity contribution is -0.140. The van der Waals surface area contributed by atoms with Crippen molar-refractivity contribution in [3.63, 3.8) is 0 Å². The van der Waals surface area contributed by atoms with E-state index in [9.17, 15) is 18.0 Å². The van der Waals surface area contributed by atoms with E-state index in [-0.39, 0.29) is 39.1 Å².